The van der Waals surface area contributed by atoms with Crippen molar-refractivity contribution >= 4 is 23.5 Å². The fourth-order valence-corrected chi connectivity index (χ4v) is 5.67. The van der Waals surface area contributed by atoms with Gasteiger partial charge >= 0.3 is 0 Å². The average molecular weight is 266 g/mol. The van der Waals surface area contributed by atoms with Crippen molar-refractivity contribution in [1.29, 1.82) is 0 Å². The molecule has 1 aliphatic carbocycles. The first-order chi connectivity index (χ1) is 8.36. The Morgan fingerprint density at radius 2 is 2.35 bits per heavy atom. The lowest BCUT2D eigenvalue weighted by Gasteiger charge is -2.30. The minimum Gasteiger partial charge on any atom is -0.326 e. The second-order valence-electron chi connectivity index (χ2n) is 4.75. The van der Waals surface area contributed by atoms with Gasteiger partial charge in [-0.25, -0.2) is 0 Å². The zero-order valence-corrected chi connectivity index (χ0v) is 11.5. The maximum absolute atomic E-state index is 6.49. The van der Waals surface area contributed by atoms with Crippen LogP contribution < -0.4 is 5.73 Å². The van der Waals surface area contributed by atoms with Crippen molar-refractivity contribution in [2.24, 2.45) is 5.73 Å². The molecular weight excluding hydrogens is 248 g/mol. The third-order valence-electron chi connectivity index (χ3n) is 3.74. The third kappa shape index (κ3) is 2.35. The van der Waals surface area contributed by atoms with Crippen molar-refractivity contribution in [1.82, 2.24) is 4.98 Å². The molecule has 17 heavy (non-hydrogen) atoms. The Morgan fingerprint density at radius 3 is 3.18 bits per heavy atom. The predicted octanol–water partition coefficient (Wildman–Crippen LogP) is 2.29. The van der Waals surface area contributed by atoms with E-state index in [0.717, 1.165) is 6.42 Å². The van der Waals surface area contributed by atoms with Crippen LogP contribution in [0.25, 0.3) is 0 Å². The first-order valence-corrected chi connectivity index (χ1v) is 8.45. The molecule has 3 atom stereocenters. The topological polar surface area (TPSA) is 38.9 Å². The Bertz CT molecular complexity index is 391. The molecular formula is C13H18N2S2. The molecule has 0 spiro atoms. The molecule has 4 heteroatoms. The Balaban J connectivity index is 1.76. The summed E-state index contributed by atoms with van der Waals surface area (Å²) in [5, 5.41) is 0.617. The van der Waals surface area contributed by atoms with Gasteiger partial charge in [0.1, 0.15) is 0 Å². The molecule has 0 saturated carbocycles. The number of aryl methyl sites for hydroxylation is 1. The lowest BCUT2D eigenvalue weighted by Crippen LogP contribution is -2.40. The lowest BCUT2D eigenvalue weighted by atomic mass is 9.95. The number of pyridine rings is 1. The number of hydrogen-bond donors (Lipinski definition) is 1. The van der Waals surface area contributed by atoms with Crippen molar-refractivity contribution in [3.8, 4) is 0 Å². The summed E-state index contributed by atoms with van der Waals surface area (Å²) < 4.78 is 0. The number of nitrogens with zero attached hydrogens (tertiary/aromatic N) is 1. The highest BCUT2D eigenvalue weighted by Crippen LogP contribution is 2.38. The highest BCUT2D eigenvalue weighted by atomic mass is 32.2. The molecule has 0 bridgehead atoms. The van der Waals surface area contributed by atoms with E-state index in [2.05, 4.69) is 34.6 Å². The molecule has 2 aliphatic rings. The highest BCUT2D eigenvalue weighted by molar-refractivity contribution is 8.06. The highest BCUT2D eigenvalue weighted by Gasteiger charge is 2.34. The third-order valence-corrected chi connectivity index (χ3v) is 6.64. The van der Waals surface area contributed by atoms with E-state index in [4.69, 9.17) is 5.73 Å². The number of thioether (sulfide) groups is 2. The molecule has 0 aromatic carbocycles. The molecule has 1 fully saturated rings. The van der Waals surface area contributed by atoms with Gasteiger partial charge in [-0.1, -0.05) is 6.07 Å². The summed E-state index contributed by atoms with van der Waals surface area (Å²) >= 11 is 4.11. The number of fused-ring (bicyclic) bond motifs is 1. The van der Waals surface area contributed by atoms with Crippen molar-refractivity contribution in [3.05, 3.63) is 29.6 Å². The Labute approximate surface area is 111 Å². The van der Waals surface area contributed by atoms with Gasteiger partial charge in [-0.2, -0.15) is 23.5 Å². The predicted molar refractivity (Wildman–Crippen MR) is 76.8 cm³/mol. The van der Waals surface area contributed by atoms with Crippen LogP contribution in [0.1, 0.15) is 23.6 Å². The maximum Gasteiger partial charge on any atom is 0.0482 e. The van der Waals surface area contributed by atoms with Gasteiger partial charge in [0.2, 0.25) is 0 Å². The van der Waals surface area contributed by atoms with E-state index in [9.17, 15) is 0 Å². The summed E-state index contributed by atoms with van der Waals surface area (Å²) in [5.41, 5.74) is 9.19. The summed E-state index contributed by atoms with van der Waals surface area (Å²) in [5.74, 6) is 4.24. The standard InChI is InChI=1S/C13H18N2S2/c14-12(11-8-16-6-7-17-11)10-4-3-9-2-1-5-15-13(9)10/h1-2,5,10-12H,3-4,6-8,14H2. The van der Waals surface area contributed by atoms with E-state index < -0.39 is 0 Å². The van der Waals surface area contributed by atoms with Gasteiger partial charge in [0.05, 0.1) is 0 Å². The van der Waals surface area contributed by atoms with E-state index in [1.54, 1.807) is 0 Å². The van der Waals surface area contributed by atoms with Gasteiger partial charge in [-0.3, -0.25) is 4.98 Å². The number of rotatable bonds is 2. The molecule has 1 aromatic heterocycles. The van der Waals surface area contributed by atoms with Gasteiger partial charge in [0.25, 0.3) is 0 Å². The molecule has 3 unspecified atom stereocenters. The zero-order chi connectivity index (χ0) is 11.7. The van der Waals surface area contributed by atoms with Gasteiger partial charge in [-0.15, -0.1) is 0 Å². The average Bonchev–Trinajstić information content (AvgIpc) is 2.83. The Morgan fingerprint density at radius 1 is 1.41 bits per heavy atom. The largest absolute Gasteiger partial charge is 0.326 e. The fraction of sp³-hybridized carbons (Fsp3) is 0.615. The Hall–Kier alpha value is -0.190. The smallest absolute Gasteiger partial charge is 0.0482 e. The van der Waals surface area contributed by atoms with Crippen molar-refractivity contribution < 1.29 is 0 Å². The second kappa shape index (κ2) is 5.21. The van der Waals surface area contributed by atoms with Crippen LogP contribution in [0, 0.1) is 0 Å². The first kappa shape index (κ1) is 11.9. The van der Waals surface area contributed by atoms with Crippen LogP contribution in [0.3, 0.4) is 0 Å². The van der Waals surface area contributed by atoms with Crippen LogP contribution in [0.4, 0.5) is 0 Å². The molecule has 2 N–H and O–H groups in total. The van der Waals surface area contributed by atoms with Crippen LogP contribution in [0.5, 0.6) is 0 Å². The summed E-state index contributed by atoms with van der Waals surface area (Å²) in [7, 11) is 0. The summed E-state index contributed by atoms with van der Waals surface area (Å²) in [6.45, 7) is 0. The van der Waals surface area contributed by atoms with Crippen LogP contribution >= 0.6 is 23.5 Å². The van der Waals surface area contributed by atoms with E-state index in [1.165, 1.54) is 34.9 Å². The number of aromatic nitrogens is 1. The van der Waals surface area contributed by atoms with Crippen molar-refractivity contribution in [2.45, 2.75) is 30.1 Å². The molecule has 2 nitrogen and oxygen atoms in total. The van der Waals surface area contributed by atoms with Crippen LogP contribution in [-0.2, 0) is 6.42 Å². The quantitative estimate of drug-likeness (QED) is 0.891. The SMILES string of the molecule is NC(C1CSCCS1)C1CCc2cccnc21. The maximum atomic E-state index is 6.49. The van der Waals surface area contributed by atoms with Gasteiger partial charge in [0.15, 0.2) is 0 Å². The minimum absolute atomic E-state index is 0.281. The fourth-order valence-electron chi connectivity index (χ4n) is 2.81. The van der Waals surface area contributed by atoms with E-state index in [0.29, 0.717) is 11.2 Å². The number of nitrogens with two attached hydrogens (primary N) is 1. The molecule has 1 saturated heterocycles. The van der Waals surface area contributed by atoms with E-state index in [1.807, 2.05) is 12.3 Å². The Kier molecular flexibility index (Phi) is 3.64. The lowest BCUT2D eigenvalue weighted by molar-refractivity contribution is 0.518. The van der Waals surface area contributed by atoms with Crippen LogP contribution in [-0.4, -0.2) is 33.5 Å². The summed E-state index contributed by atoms with van der Waals surface area (Å²) in [4.78, 5) is 4.56. The molecule has 0 amide bonds. The van der Waals surface area contributed by atoms with Crippen molar-refractivity contribution in [2.75, 3.05) is 17.3 Å². The van der Waals surface area contributed by atoms with Crippen LogP contribution in [0.2, 0.25) is 0 Å². The van der Waals surface area contributed by atoms with E-state index in [-0.39, 0.29) is 6.04 Å². The van der Waals surface area contributed by atoms with Gasteiger partial charge in [-0.05, 0) is 24.5 Å². The zero-order valence-electron chi connectivity index (χ0n) is 9.84. The first-order valence-electron chi connectivity index (χ1n) is 6.25. The molecule has 1 aromatic rings. The monoisotopic (exact) mass is 266 g/mol. The molecule has 0 radical (unpaired) electrons. The van der Waals surface area contributed by atoms with Crippen molar-refractivity contribution in [3.63, 3.8) is 0 Å². The molecule has 1 aliphatic heterocycles. The van der Waals surface area contributed by atoms with E-state index >= 15 is 0 Å². The number of hydrogen-bond acceptors (Lipinski definition) is 4. The van der Waals surface area contributed by atoms with Gasteiger partial charge < -0.3 is 5.73 Å². The molecule has 3 rings (SSSR count). The normalized spacial score (nSPS) is 29.9. The molecule has 92 valence electrons. The summed E-state index contributed by atoms with van der Waals surface area (Å²) in [6, 6.07) is 4.53. The minimum atomic E-state index is 0.281. The second-order valence-corrected chi connectivity index (χ2v) is 7.25. The van der Waals surface area contributed by atoms with Crippen LogP contribution in [0.15, 0.2) is 18.3 Å². The molecule has 2 heterocycles. The van der Waals surface area contributed by atoms with Gasteiger partial charge in [0, 0.05) is 46.4 Å². The summed E-state index contributed by atoms with van der Waals surface area (Å²) in [6.07, 6.45) is 4.26.